The Morgan fingerprint density at radius 2 is 2.03 bits per heavy atom. The first-order chi connectivity index (χ1) is 14.1. The molecule has 8 nitrogen and oxygen atoms in total. The zero-order valence-electron chi connectivity index (χ0n) is 15.8. The third kappa shape index (κ3) is 5.52. The van der Waals surface area contributed by atoms with Gasteiger partial charge in [-0.25, -0.2) is 9.97 Å². The third-order valence-electron chi connectivity index (χ3n) is 4.00. The highest BCUT2D eigenvalue weighted by Crippen LogP contribution is 2.16. The summed E-state index contributed by atoms with van der Waals surface area (Å²) in [6.07, 6.45) is 4.55. The second kappa shape index (κ2) is 9.65. The molecule has 0 saturated heterocycles. The SMILES string of the molecule is CCNC(=S)Nc1ccc2ncc(C(C=N)C=NCc3ccc(O)cc3)nc2n1. The minimum Gasteiger partial charge on any atom is -0.508 e. The van der Waals surface area contributed by atoms with Gasteiger partial charge in [-0.05, 0) is 49.0 Å². The van der Waals surface area contributed by atoms with Crippen molar-refractivity contribution in [3.8, 4) is 5.75 Å². The molecule has 3 aromatic rings. The molecule has 148 valence electrons. The van der Waals surface area contributed by atoms with Crippen LogP contribution in [0.1, 0.15) is 24.1 Å². The van der Waals surface area contributed by atoms with E-state index in [0.717, 1.165) is 5.56 Å². The summed E-state index contributed by atoms with van der Waals surface area (Å²) in [6, 6.07) is 10.4. The van der Waals surface area contributed by atoms with Gasteiger partial charge in [-0.1, -0.05) is 12.1 Å². The molecular formula is C20H21N7OS. The van der Waals surface area contributed by atoms with Gasteiger partial charge in [-0.2, -0.15) is 0 Å². The van der Waals surface area contributed by atoms with Crippen LogP contribution in [-0.2, 0) is 6.54 Å². The van der Waals surface area contributed by atoms with Crippen LogP contribution < -0.4 is 10.6 Å². The molecule has 0 amide bonds. The highest BCUT2D eigenvalue weighted by atomic mass is 32.1. The third-order valence-corrected chi connectivity index (χ3v) is 4.25. The molecule has 1 aromatic carbocycles. The molecule has 0 aliphatic rings. The summed E-state index contributed by atoms with van der Waals surface area (Å²) in [7, 11) is 0. The number of hydrogen-bond donors (Lipinski definition) is 4. The van der Waals surface area contributed by atoms with Crippen molar-refractivity contribution in [2.45, 2.75) is 19.4 Å². The first-order valence-electron chi connectivity index (χ1n) is 9.06. The highest BCUT2D eigenvalue weighted by molar-refractivity contribution is 7.80. The average molecular weight is 408 g/mol. The summed E-state index contributed by atoms with van der Waals surface area (Å²) in [6.45, 7) is 3.12. The lowest BCUT2D eigenvalue weighted by Gasteiger charge is -2.09. The molecule has 0 saturated carbocycles. The molecule has 29 heavy (non-hydrogen) atoms. The molecule has 9 heteroatoms. The summed E-state index contributed by atoms with van der Waals surface area (Å²) < 4.78 is 0. The van der Waals surface area contributed by atoms with Gasteiger partial charge < -0.3 is 21.1 Å². The molecule has 4 N–H and O–H groups in total. The van der Waals surface area contributed by atoms with Gasteiger partial charge in [-0.3, -0.25) is 9.98 Å². The normalized spacial score (nSPS) is 12.0. The van der Waals surface area contributed by atoms with Crippen molar-refractivity contribution in [1.82, 2.24) is 20.3 Å². The van der Waals surface area contributed by atoms with E-state index in [1.165, 1.54) is 6.21 Å². The standard InChI is InChI=1S/C20H21N7OS/c1-2-23-20(29)27-18-8-7-16-19(26-18)25-17(12-24-16)14(9-21)11-22-10-13-3-5-15(28)6-4-13/h3-9,11-12,14,21,28H,2,10H2,1H3,(H2,23,25,26,27,29). The molecule has 2 aromatic heterocycles. The molecule has 0 radical (unpaired) electrons. The molecule has 1 atom stereocenters. The topological polar surface area (TPSA) is 119 Å². The molecule has 0 aliphatic heterocycles. The maximum atomic E-state index is 9.33. The number of aliphatic imine (C=N–C) groups is 1. The van der Waals surface area contributed by atoms with E-state index < -0.39 is 5.92 Å². The van der Waals surface area contributed by atoms with E-state index in [-0.39, 0.29) is 5.75 Å². The number of aromatic nitrogens is 3. The largest absolute Gasteiger partial charge is 0.508 e. The Balaban J connectivity index is 1.76. The molecule has 1 unspecified atom stereocenters. The zero-order chi connectivity index (χ0) is 20.6. The highest BCUT2D eigenvalue weighted by Gasteiger charge is 2.11. The van der Waals surface area contributed by atoms with Gasteiger partial charge in [-0.15, -0.1) is 0 Å². The van der Waals surface area contributed by atoms with E-state index in [2.05, 4.69) is 30.6 Å². The van der Waals surface area contributed by atoms with E-state index in [9.17, 15) is 5.11 Å². The maximum Gasteiger partial charge on any atom is 0.180 e. The van der Waals surface area contributed by atoms with E-state index in [0.29, 0.717) is 40.9 Å². The van der Waals surface area contributed by atoms with Crippen LogP contribution in [0.5, 0.6) is 5.75 Å². The van der Waals surface area contributed by atoms with Crippen LogP contribution in [0, 0.1) is 5.41 Å². The predicted octanol–water partition coefficient (Wildman–Crippen LogP) is 3.04. The lowest BCUT2D eigenvalue weighted by molar-refractivity contribution is 0.475. The molecule has 0 bridgehead atoms. The number of benzene rings is 1. The molecular weight excluding hydrogens is 386 g/mol. The van der Waals surface area contributed by atoms with E-state index in [1.807, 2.05) is 13.0 Å². The van der Waals surface area contributed by atoms with Gasteiger partial charge >= 0.3 is 0 Å². The minimum atomic E-state index is -0.412. The van der Waals surface area contributed by atoms with Gasteiger partial charge in [0.1, 0.15) is 17.1 Å². The fourth-order valence-corrected chi connectivity index (χ4v) is 2.79. The Labute approximate surface area is 173 Å². The molecule has 0 spiro atoms. The van der Waals surface area contributed by atoms with Crippen LogP contribution in [0.4, 0.5) is 5.82 Å². The van der Waals surface area contributed by atoms with E-state index in [1.54, 1.807) is 42.7 Å². The number of thiocarbonyl (C=S) groups is 1. The molecule has 0 fully saturated rings. The van der Waals surface area contributed by atoms with Crippen molar-refractivity contribution in [1.29, 1.82) is 5.41 Å². The molecule has 0 aliphatic carbocycles. The van der Waals surface area contributed by atoms with Crippen molar-refractivity contribution in [2.75, 3.05) is 11.9 Å². The van der Waals surface area contributed by atoms with E-state index in [4.69, 9.17) is 17.6 Å². The maximum absolute atomic E-state index is 9.33. The van der Waals surface area contributed by atoms with Gasteiger partial charge in [0.15, 0.2) is 10.8 Å². The smallest absolute Gasteiger partial charge is 0.180 e. The van der Waals surface area contributed by atoms with Crippen LogP contribution in [0.2, 0.25) is 0 Å². The first kappa shape index (κ1) is 20.3. The Hall–Kier alpha value is -3.46. The Morgan fingerprint density at radius 1 is 1.24 bits per heavy atom. The van der Waals surface area contributed by atoms with Gasteiger partial charge in [0.25, 0.3) is 0 Å². The van der Waals surface area contributed by atoms with Gasteiger partial charge in [0, 0.05) is 19.0 Å². The Morgan fingerprint density at radius 3 is 2.76 bits per heavy atom. The lowest BCUT2D eigenvalue weighted by atomic mass is 10.1. The fourth-order valence-electron chi connectivity index (χ4n) is 2.54. The van der Waals surface area contributed by atoms with E-state index >= 15 is 0 Å². The van der Waals surface area contributed by atoms with Crippen molar-refractivity contribution < 1.29 is 5.11 Å². The summed E-state index contributed by atoms with van der Waals surface area (Å²) in [4.78, 5) is 17.8. The van der Waals surface area contributed by atoms with Gasteiger partial charge in [0.05, 0.1) is 24.4 Å². The summed E-state index contributed by atoms with van der Waals surface area (Å²) in [5, 5.41) is 23.6. The van der Waals surface area contributed by atoms with Crippen molar-refractivity contribution in [3.63, 3.8) is 0 Å². The Bertz CT molecular complexity index is 1040. The molecule has 3 rings (SSSR count). The first-order valence-corrected chi connectivity index (χ1v) is 9.47. The van der Waals surface area contributed by atoms with Crippen LogP contribution in [-0.4, -0.2) is 44.1 Å². The van der Waals surface area contributed by atoms with Crippen LogP contribution in [0.15, 0.2) is 47.6 Å². The Kier molecular flexibility index (Phi) is 6.75. The lowest BCUT2D eigenvalue weighted by Crippen LogP contribution is -2.28. The number of pyridine rings is 1. The number of rotatable bonds is 7. The quantitative estimate of drug-likeness (QED) is 0.351. The summed E-state index contributed by atoms with van der Waals surface area (Å²) in [5.74, 6) is 0.377. The number of hydrogen-bond acceptors (Lipinski definition) is 7. The fraction of sp³-hybridized carbons (Fsp3) is 0.200. The average Bonchev–Trinajstić information content (AvgIpc) is 2.72. The predicted molar refractivity (Wildman–Crippen MR) is 119 cm³/mol. The number of nitrogens with one attached hydrogen (secondary N) is 3. The number of fused-ring (bicyclic) bond motifs is 1. The van der Waals surface area contributed by atoms with Crippen molar-refractivity contribution in [3.05, 3.63) is 53.9 Å². The second-order valence-corrected chi connectivity index (χ2v) is 6.58. The van der Waals surface area contributed by atoms with Crippen LogP contribution in [0.3, 0.4) is 0 Å². The summed E-state index contributed by atoms with van der Waals surface area (Å²) in [5.41, 5.74) is 2.66. The van der Waals surface area contributed by atoms with Crippen molar-refractivity contribution >= 4 is 46.7 Å². The summed E-state index contributed by atoms with van der Waals surface area (Å²) >= 11 is 5.18. The van der Waals surface area contributed by atoms with Gasteiger partial charge in [0.2, 0.25) is 0 Å². The number of nitrogens with zero attached hydrogens (tertiary/aromatic N) is 4. The van der Waals surface area contributed by atoms with Crippen LogP contribution in [0.25, 0.3) is 11.2 Å². The van der Waals surface area contributed by atoms with Crippen molar-refractivity contribution in [2.24, 2.45) is 4.99 Å². The number of phenols is 1. The second-order valence-electron chi connectivity index (χ2n) is 6.17. The zero-order valence-corrected chi connectivity index (χ0v) is 16.6. The minimum absolute atomic E-state index is 0.217. The number of anilines is 1. The number of aromatic hydroxyl groups is 1. The van der Waals surface area contributed by atoms with Crippen LogP contribution >= 0.6 is 12.2 Å². The monoisotopic (exact) mass is 407 g/mol. The molecule has 2 heterocycles. The number of phenolic OH excluding ortho intramolecular Hbond substituents is 1.